The van der Waals surface area contributed by atoms with E-state index in [4.69, 9.17) is 10.2 Å². The van der Waals surface area contributed by atoms with Crippen molar-refractivity contribution in [3.8, 4) is 11.5 Å². The summed E-state index contributed by atoms with van der Waals surface area (Å²) >= 11 is 0. The molecule has 78 valence electrons. The second kappa shape index (κ2) is 4.23. The quantitative estimate of drug-likeness (QED) is 0.835. The highest BCUT2D eigenvalue weighted by molar-refractivity contribution is 5.53. The fraction of sp³-hybridized carbons (Fsp3) is 0.182. The van der Waals surface area contributed by atoms with E-state index in [0.717, 1.165) is 5.69 Å². The number of rotatable bonds is 3. The average Bonchev–Trinajstić information content (AvgIpc) is 2.68. The van der Waals surface area contributed by atoms with E-state index in [1.807, 2.05) is 0 Å². The first-order valence-corrected chi connectivity index (χ1v) is 4.70. The van der Waals surface area contributed by atoms with Gasteiger partial charge in [-0.05, 0) is 18.7 Å². The molecule has 0 fully saturated rings. The number of halogens is 1. The Hall–Kier alpha value is -1.68. The Morgan fingerprint density at radius 3 is 2.87 bits per heavy atom. The molecule has 0 atom stereocenters. The maximum Gasteiger partial charge on any atom is 0.229 e. The topological polar surface area (TPSA) is 52.0 Å². The fourth-order valence-corrected chi connectivity index (χ4v) is 1.33. The maximum absolute atomic E-state index is 13.3. The summed E-state index contributed by atoms with van der Waals surface area (Å²) in [4.78, 5) is 4.14. The van der Waals surface area contributed by atoms with Crippen molar-refractivity contribution in [2.24, 2.45) is 5.73 Å². The summed E-state index contributed by atoms with van der Waals surface area (Å²) in [7, 11) is 0. The number of hydrogen-bond acceptors (Lipinski definition) is 3. The van der Waals surface area contributed by atoms with E-state index in [1.165, 1.54) is 12.3 Å². The number of benzene rings is 1. The summed E-state index contributed by atoms with van der Waals surface area (Å²) in [6.45, 7) is 0.503. The lowest BCUT2D eigenvalue weighted by atomic mass is 10.2. The molecule has 0 aliphatic carbocycles. The fourth-order valence-electron chi connectivity index (χ4n) is 1.33. The Morgan fingerprint density at radius 2 is 2.13 bits per heavy atom. The number of nitrogens with two attached hydrogens (primary N) is 1. The van der Waals surface area contributed by atoms with Crippen LogP contribution in [0.2, 0.25) is 0 Å². The van der Waals surface area contributed by atoms with Crippen molar-refractivity contribution in [1.82, 2.24) is 4.98 Å². The molecule has 2 N–H and O–H groups in total. The van der Waals surface area contributed by atoms with Gasteiger partial charge in [-0.3, -0.25) is 0 Å². The largest absolute Gasteiger partial charge is 0.444 e. The van der Waals surface area contributed by atoms with Crippen molar-refractivity contribution in [2.45, 2.75) is 6.42 Å². The third-order valence-corrected chi connectivity index (χ3v) is 2.06. The first kappa shape index (κ1) is 9.86. The van der Waals surface area contributed by atoms with Gasteiger partial charge in [-0.25, -0.2) is 9.37 Å². The minimum absolute atomic E-state index is 0.302. The lowest BCUT2D eigenvalue weighted by molar-refractivity contribution is 0.560. The third-order valence-electron chi connectivity index (χ3n) is 2.06. The van der Waals surface area contributed by atoms with Gasteiger partial charge in [-0.15, -0.1) is 0 Å². The second-order valence-corrected chi connectivity index (χ2v) is 3.16. The molecule has 1 heterocycles. The third kappa shape index (κ3) is 2.05. The highest BCUT2D eigenvalue weighted by Crippen LogP contribution is 2.21. The Balaban J connectivity index is 2.33. The SMILES string of the molecule is NCCc1coc(-c2ccccc2F)n1. The molecular weight excluding hydrogens is 195 g/mol. The van der Waals surface area contributed by atoms with Crippen LogP contribution < -0.4 is 5.73 Å². The molecule has 0 aliphatic heterocycles. The van der Waals surface area contributed by atoms with Gasteiger partial charge in [0.15, 0.2) is 0 Å². The second-order valence-electron chi connectivity index (χ2n) is 3.16. The van der Waals surface area contributed by atoms with E-state index in [0.29, 0.717) is 24.4 Å². The number of oxazole rings is 1. The first-order valence-electron chi connectivity index (χ1n) is 4.70. The van der Waals surface area contributed by atoms with Crippen LogP contribution in [-0.4, -0.2) is 11.5 Å². The number of hydrogen-bond donors (Lipinski definition) is 1. The van der Waals surface area contributed by atoms with E-state index >= 15 is 0 Å². The molecule has 0 aliphatic rings. The van der Waals surface area contributed by atoms with Crippen molar-refractivity contribution in [2.75, 3.05) is 6.54 Å². The highest BCUT2D eigenvalue weighted by atomic mass is 19.1. The summed E-state index contributed by atoms with van der Waals surface area (Å²) in [5.41, 5.74) is 6.50. The van der Waals surface area contributed by atoms with Crippen molar-refractivity contribution in [1.29, 1.82) is 0 Å². The van der Waals surface area contributed by atoms with Crippen LogP contribution >= 0.6 is 0 Å². The van der Waals surface area contributed by atoms with E-state index in [-0.39, 0.29) is 5.82 Å². The molecule has 1 aromatic heterocycles. The van der Waals surface area contributed by atoms with Gasteiger partial charge in [-0.1, -0.05) is 12.1 Å². The van der Waals surface area contributed by atoms with Gasteiger partial charge in [-0.2, -0.15) is 0 Å². The van der Waals surface area contributed by atoms with Gasteiger partial charge in [0.1, 0.15) is 12.1 Å². The molecule has 1 aromatic carbocycles. The molecule has 0 saturated heterocycles. The molecule has 0 saturated carbocycles. The molecule has 4 heteroatoms. The van der Waals surface area contributed by atoms with Gasteiger partial charge in [0.2, 0.25) is 5.89 Å². The number of nitrogens with zero attached hydrogens (tertiary/aromatic N) is 1. The zero-order valence-electron chi connectivity index (χ0n) is 8.11. The van der Waals surface area contributed by atoms with Crippen molar-refractivity contribution < 1.29 is 8.81 Å². The smallest absolute Gasteiger partial charge is 0.229 e. The molecule has 15 heavy (non-hydrogen) atoms. The van der Waals surface area contributed by atoms with Crippen LogP contribution in [0.3, 0.4) is 0 Å². The predicted octanol–water partition coefficient (Wildman–Crippen LogP) is 1.98. The molecule has 2 rings (SSSR count). The van der Waals surface area contributed by atoms with E-state index < -0.39 is 0 Å². The minimum atomic E-state index is -0.335. The molecular formula is C11H11FN2O. The zero-order chi connectivity index (χ0) is 10.7. The highest BCUT2D eigenvalue weighted by Gasteiger charge is 2.09. The van der Waals surface area contributed by atoms with E-state index in [9.17, 15) is 4.39 Å². The summed E-state index contributed by atoms with van der Waals surface area (Å²) in [6, 6.07) is 6.38. The van der Waals surface area contributed by atoms with Gasteiger partial charge in [0.25, 0.3) is 0 Å². The minimum Gasteiger partial charge on any atom is -0.444 e. The van der Waals surface area contributed by atoms with Crippen LogP contribution in [0.15, 0.2) is 34.9 Å². The molecule has 0 bridgehead atoms. The average molecular weight is 206 g/mol. The van der Waals surface area contributed by atoms with Crippen LogP contribution in [0.25, 0.3) is 11.5 Å². The molecule has 0 amide bonds. The van der Waals surface area contributed by atoms with Gasteiger partial charge >= 0.3 is 0 Å². The molecule has 0 radical (unpaired) electrons. The zero-order valence-corrected chi connectivity index (χ0v) is 8.11. The maximum atomic E-state index is 13.3. The van der Waals surface area contributed by atoms with Gasteiger partial charge in [0.05, 0.1) is 11.3 Å². The van der Waals surface area contributed by atoms with Crippen molar-refractivity contribution in [3.63, 3.8) is 0 Å². The Bertz CT molecular complexity index is 453. The van der Waals surface area contributed by atoms with Crippen LogP contribution in [0.5, 0.6) is 0 Å². The first-order chi connectivity index (χ1) is 7.31. The predicted molar refractivity (Wildman–Crippen MR) is 54.7 cm³/mol. The van der Waals surface area contributed by atoms with Gasteiger partial charge in [0, 0.05) is 6.42 Å². The van der Waals surface area contributed by atoms with Gasteiger partial charge < -0.3 is 10.2 Å². The Morgan fingerprint density at radius 1 is 1.33 bits per heavy atom. The summed E-state index contributed by atoms with van der Waals surface area (Å²) < 4.78 is 18.5. The van der Waals surface area contributed by atoms with Crippen molar-refractivity contribution in [3.05, 3.63) is 42.0 Å². The van der Waals surface area contributed by atoms with E-state index in [1.54, 1.807) is 18.2 Å². The van der Waals surface area contributed by atoms with Crippen LogP contribution in [0.1, 0.15) is 5.69 Å². The normalized spacial score (nSPS) is 10.5. The lowest BCUT2D eigenvalue weighted by Crippen LogP contribution is -2.02. The van der Waals surface area contributed by atoms with Crippen LogP contribution in [-0.2, 0) is 6.42 Å². The van der Waals surface area contributed by atoms with Crippen LogP contribution in [0, 0.1) is 5.82 Å². The number of aromatic nitrogens is 1. The molecule has 0 unspecified atom stereocenters. The van der Waals surface area contributed by atoms with Crippen LogP contribution in [0.4, 0.5) is 4.39 Å². The monoisotopic (exact) mass is 206 g/mol. The van der Waals surface area contributed by atoms with E-state index in [2.05, 4.69) is 4.98 Å². The Kier molecular flexibility index (Phi) is 2.78. The summed E-state index contributed by atoms with van der Waals surface area (Å²) in [5, 5.41) is 0. The molecule has 0 spiro atoms. The lowest BCUT2D eigenvalue weighted by Gasteiger charge is -1.95. The summed E-state index contributed by atoms with van der Waals surface area (Å²) in [5.74, 6) is -0.0322. The Labute approximate surface area is 86.7 Å². The standard InChI is InChI=1S/C11H11FN2O/c12-10-4-2-1-3-9(10)11-14-8(5-6-13)7-15-11/h1-4,7H,5-6,13H2. The molecule has 3 nitrogen and oxygen atoms in total. The summed E-state index contributed by atoms with van der Waals surface area (Å²) in [6.07, 6.45) is 2.15. The van der Waals surface area contributed by atoms with Crippen molar-refractivity contribution >= 4 is 0 Å². The molecule has 2 aromatic rings.